The van der Waals surface area contributed by atoms with Gasteiger partial charge in [-0.1, -0.05) is 72.8 Å². The lowest BCUT2D eigenvalue weighted by molar-refractivity contribution is 0.0513. The van der Waals surface area contributed by atoms with Crippen molar-refractivity contribution >= 4 is 5.97 Å². The molecule has 0 atom stereocenters. The number of nitrogens with zero attached hydrogens (tertiary/aromatic N) is 3. The minimum absolute atomic E-state index is 0.294. The molecule has 5 rings (SSSR count). The van der Waals surface area contributed by atoms with Gasteiger partial charge in [-0.3, -0.25) is 4.68 Å². The standard InChI is InChI=1S/C29H25N3O2/c1-2-34-29(33)28-26(23-13-5-3-6-14-23)27(24-15-7-4-8-16-24)30-32(28)21-22-12-11-17-25(20-22)31-18-9-10-19-31/h3-20H,2,21H2,1H3. The first-order chi connectivity index (χ1) is 16.7. The number of carbonyl (C=O) groups is 1. The largest absolute Gasteiger partial charge is 0.461 e. The van der Waals surface area contributed by atoms with Gasteiger partial charge in [-0.25, -0.2) is 4.79 Å². The molecule has 5 nitrogen and oxygen atoms in total. The van der Waals surface area contributed by atoms with Crippen molar-refractivity contribution in [1.29, 1.82) is 0 Å². The number of hydrogen-bond donors (Lipinski definition) is 0. The molecule has 0 bridgehead atoms. The third kappa shape index (κ3) is 4.28. The van der Waals surface area contributed by atoms with Crippen LogP contribution in [0.25, 0.3) is 28.1 Å². The highest BCUT2D eigenvalue weighted by Crippen LogP contribution is 2.35. The molecule has 3 aromatic carbocycles. The molecular weight excluding hydrogens is 422 g/mol. The van der Waals surface area contributed by atoms with Crippen molar-refractivity contribution in [2.45, 2.75) is 13.5 Å². The predicted octanol–water partition coefficient (Wildman–Crippen LogP) is 6.23. The molecule has 0 spiro atoms. The van der Waals surface area contributed by atoms with Crippen LogP contribution >= 0.6 is 0 Å². The van der Waals surface area contributed by atoms with Crippen molar-refractivity contribution in [1.82, 2.24) is 14.3 Å². The Kier molecular flexibility index (Phi) is 6.08. The van der Waals surface area contributed by atoms with Gasteiger partial charge in [-0.15, -0.1) is 0 Å². The summed E-state index contributed by atoms with van der Waals surface area (Å²) in [6.45, 7) is 2.55. The van der Waals surface area contributed by atoms with Crippen molar-refractivity contribution in [2.24, 2.45) is 0 Å². The summed E-state index contributed by atoms with van der Waals surface area (Å²) in [5, 5.41) is 4.96. The van der Waals surface area contributed by atoms with E-state index in [0.29, 0.717) is 18.8 Å². The third-order valence-electron chi connectivity index (χ3n) is 5.68. The highest BCUT2D eigenvalue weighted by Gasteiger charge is 2.26. The van der Waals surface area contributed by atoms with E-state index in [0.717, 1.165) is 33.6 Å². The maximum atomic E-state index is 13.3. The number of ether oxygens (including phenoxy) is 1. The zero-order valence-corrected chi connectivity index (χ0v) is 19.0. The van der Waals surface area contributed by atoms with Gasteiger partial charge in [0.05, 0.1) is 13.2 Å². The fraction of sp³-hybridized carbons (Fsp3) is 0.103. The molecule has 0 aliphatic heterocycles. The van der Waals surface area contributed by atoms with Crippen LogP contribution in [0.3, 0.4) is 0 Å². The number of rotatable bonds is 7. The van der Waals surface area contributed by atoms with Crippen molar-refractivity contribution < 1.29 is 9.53 Å². The maximum absolute atomic E-state index is 13.3. The Hall–Kier alpha value is -4.38. The van der Waals surface area contributed by atoms with Crippen LogP contribution in [-0.4, -0.2) is 26.9 Å². The summed E-state index contributed by atoms with van der Waals surface area (Å²) in [5.74, 6) is -0.377. The molecule has 0 saturated carbocycles. The zero-order valence-electron chi connectivity index (χ0n) is 19.0. The van der Waals surface area contributed by atoms with E-state index in [1.54, 1.807) is 4.68 Å². The maximum Gasteiger partial charge on any atom is 0.357 e. The molecule has 5 heteroatoms. The van der Waals surface area contributed by atoms with Gasteiger partial charge in [0.25, 0.3) is 0 Å². The van der Waals surface area contributed by atoms with Crippen LogP contribution in [0.4, 0.5) is 0 Å². The summed E-state index contributed by atoms with van der Waals surface area (Å²) < 4.78 is 9.33. The molecule has 0 unspecified atom stereocenters. The topological polar surface area (TPSA) is 49.0 Å². The molecule has 0 aliphatic carbocycles. The second-order valence-corrected chi connectivity index (χ2v) is 7.94. The van der Waals surface area contributed by atoms with Gasteiger partial charge in [0, 0.05) is 29.2 Å². The lowest BCUT2D eigenvalue weighted by Gasteiger charge is -2.11. The van der Waals surface area contributed by atoms with Gasteiger partial charge >= 0.3 is 5.97 Å². The van der Waals surface area contributed by atoms with Gasteiger partial charge in [0.2, 0.25) is 0 Å². The average Bonchev–Trinajstić information content (AvgIpc) is 3.54. The molecule has 0 N–H and O–H groups in total. The van der Waals surface area contributed by atoms with Crippen LogP contribution in [0, 0.1) is 0 Å². The summed E-state index contributed by atoms with van der Waals surface area (Å²) in [7, 11) is 0. The Bertz CT molecular complexity index is 1390. The Labute approximate surface area is 198 Å². The zero-order chi connectivity index (χ0) is 23.3. The van der Waals surface area contributed by atoms with E-state index in [-0.39, 0.29) is 5.97 Å². The van der Waals surface area contributed by atoms with Crippen LogP contribution in [0.5, 0.6) is 0 Å². The molecule has 2 aromatic heterocycles. The number of esters is 1. The van der Waals surface area contributed by atoms with Gasteiger partial charge in [-0.2, -0.15) is 5.10 Å². The lowest BCUT2D eigenvalue weighted by Crippen LogP contribution is -2.15. The summed E-state index contributed by atoms with van der Waals surface area (Å²) in [4.78, 5) is 13.3. The van der Waals surface area contributed by atoms with E-state index in [9.17, 15) is 4.79 Å². The fourth-order valence-corrected chi connectivity index (χ4v) is 4.15. The molecule has 0 aliphatic rings. The van der Waals surface area contributed by atoms with Crippen LogP contribution in [0.2, 0.25) is 0 Å². The number of carbonyl (C=O) groups excluding carboxylic acids is 1. The van der Waals surface area contributed by atoms with Crippen LogP contribution in [-0.2, 0) is 11.3 Å². The fourth-order valence-electron chi connectivity index (χ4n) is 4.15. The Balaban J connectivity index is 1.67. The lowest BCUT2D eigenvalue weighted by atomic mass is 9.99. The first-order valence-electron chi connectivity index (χ1n) is 11.4. The highest BCUT2D eigenvalue weighted by molar-refractivity contribution is 6.00. The van der Waals surface area contributed by atoms with E-state index < -0.39 is 0 Å². The van der Waals surface area contributed by atoms with Crippen LogP contribution in [0.1, 0.15) is 23.0 Å². The van der Waals surface area contributed by atoms with Crippen molar-refractivity contribution in [3.63, 3.8) is 0 Å². The number of benzene rings is 3. The Morgan fingerprint density at radius 1 is 0.824 bits per heavy atom. The summed E-state index contributed by atoms with van der Waals surface area (Å²) in [6, 6.07) is 32.1. The average molecular weight is 448 g/mol. The predicted molar refractivity (Wildman–Crippen MR) is 134 cm³/mol. The number of hydrogen-bond acceptors (Lipinski definition) is 3. The molecular formula is C29H25N3O2. The molecule has 0 fully saturated rings. The van der Waals surface area contributed by atoms with Crippen molar-refractivity contribution in [3.05, 3.63) is 121 Å². The van der Waals surface area contributed by atoms with E-state index >= 15 is 0 Å². The third-order valence-corrected chi connectivity index (χ3v) is 5.68. The SMILES string of the molecule is CCOC(=O)c1c(-c2ccccc2)c(-c2ccccc2)nn1Cc1cccc(-n2cccc2)c1. The molecule has 0 radical (unpaired) electrons. The Morgan fingerprint density at radius 2 is 1.50 bits per heavy atom. The molecule has 0 amide bonds. The number of aromatic nitrogens is 3. The highest BCUT2D eigenvalue weighted by atomic mass is 16.5. The molecule has 5 aromatic rings. The van der Waals surface area contributed by atoms with Crippen molar-refractivity contribution in [3.8, 4) is 28.1 Å². The van der Waals surface area contributed by atoms with Gasteiger partial charge < -0.3 is 9.30 Å². The van der Waals surface area contributed by atoms with Crippen molar-refractivity contribution in [2.75, 3.05) is 6.61 Å². The first kappa shape index (κ1) is 21.5. The Morgan fingerprint density at radius 3 is 2.18 bits per heavy atom. The summed E-state index contributed by atoms with van der Waals surface area (Å²) >= 11 is 0. The first-order valence-corrected chi connectivity index (χ1v) is 11.4. The second-order valence-electron chi connectivity index (χ2n) is 7.94. The van der Waals surface area contributed by atoms with Crippen LogP contribution in [0.15, 0.2) is 109 Å². The van der Waals surface area contributed by atoms with E-state index in [2.05, 4.69) is 16.7 Å². The summed E-state index contributed by atoms with van der Waals surface area (Å²) in [5.41, 5.74) is 5.97. The second kappa shape index (κ2) is 9.63. The van der Waals surface area contributed by atoms with Gasteiger partial charge in [0.1, 0.15) is 5.69 Å². The monoisotopic (exact) mass is 447 g/mol. The van der Waals surface area contributed by atoms with Gasteiger partial charge in [0.15, 0.2) is 5.69 Å². The van der Waals surface area contributed by atoms with E-state index in [1.165, 1.54) is 0 Å². The van der Waals surface area contributed by atoms with E-state index in [1.807, 2.05) is 104 Å². The minimum Gasteiger partial charge on any atom is -0.461 e. The molecule has 0 saturated heterocycles. The van der Waals surface area contributed by atoms with Crippen LogP contribution < -0.4 is 0 Å². The molecule has 34 heavy (non-hydrogen) atoms. The molecule has 2 heterocycles. The quantitative estimate of drug-likeness (QED) is 0.278. The van der Waals surface area contributed by atoms with E-state index in [4.69, 9.17) is 9.84 Å². The normalized spacial score (nSPS) is 10.9. The smallest absolute Gasteiger partial charge is 0.357 e. The minimum atomic E-state index is -0.377. The molecule has 168 valence electrons. The summed E-state index contributed by atoms with van der Waals surface area (Å²) in [6.07, 6.45) is 4.02. The van der Waals surface area contributed by atoms with Gasteiger partial charge in [-0.05, 0) is 42.3 Å².